The van der Waals surface area contributed by atoms with Gasteiger partial charge in [-0.3, -0.25) is 4.52 Å². The van der Waals surface area contributed by atoms with Crippen molar-refractivity contribution in [2.24, 2.45) is 5.73 Å². The molecule has 0 radical (unpaired) electrons. The van der Waals surface area contributed by atoms with E-state index < -0.39 is 13.4 Å². The summed E-state index contributed by atoms with van der Waals surface area (Å²) >= 11 is 0. The number of phosphoric acid groups is 1. The van der Waals surface area contributed by atoms with Gasteiger partial charge in [-0.05, 0) is 43.2 Å². The third-order valence-corrected chi connectivity index (χ3v) is 5.45. The Bertz CT molecular complexity index is 560. The molecule has 0 aromatic heterocycles. The van der Waals surface area contributed by atoms with E-state index in [2.05, 4.69) is 35.7 Å². The van der Waals surface area contributed by atoms with E-state index in [1.54, 1.807) is 0 Å². The van der Waals surface area contributed by atoms with Gasteiger partial charge in [0, 0.05) is 5.54 Å². The smallest absolute Gasteiger partial charge is 0.394 e. The molecule has 5 N–H and O–H groups in total. The van der Waals surface area contributed by atoms with Gasteiger partial charge in [0.1, 0.15) is 0 Å². The maximum Gasteiger partial charge on any atom is 0.469 e. The molecule has 0 aliphatic heterocycles. The van der Waals surface area contributed by atoms with Crippen LogP contribution in [-0.2, 0) is 21.9 Å². The fourth-order valence-corrected chi connectivity index (χ4v) is 3.36. The first-order valence-electron chi connectivity index (χ1n) is 9.95. The summed E-state index contributed by atoms with van der Waals surface area (Å²) in [6, 6.07) is 8.48. The van der Waals surface area contributed by atoms with Crippen molar-refractivity contribution in [3.05, 3.63) is 35.4 Å². The summed E-state index contributed by atoms with van der Waals surface area (Å²) in [6.45, 7) is 1.79. The Balaban J connectivity index is 2.35. The molecule has 1 aromatic carbocycles. The minimum atomic E-state index is -4.50. The molecule has 1 atom stereocenters. The highest BCUT2D eigenvalue weighted by molar-refractivity contribution is 7.46. The van der Waals surface area contributed by atoms with Crippen molar-refractivity contribution >= 4 is 7.82 Å². The quantitative estimate of drug-likeness (QED) is 0.263. The molecular formula is C20H36NO5P. The van der Waals surface area contributed by atoms with E-state index in [1.807, 2.05) is 0 Å². The third-order valence-electron chi connectivity index (χ3n) is 4.93. The second kappa shape index (κ2) is 12.7. The number of hydrogen-bond donors (Lipinski definition) is 4. The van der Waals surface area contributed by atoms with Crippen LogP contribution in [0.4, 0.5) is 0 Å². The molecule has 0 spiro atoms. The van der Waals surface area contributed by atoms with Crippen LogP contribution in [0.25, 0.3) is 0 Å². The zero-order chi connectivity index (χ0) is 20.2. The second-order valence-electron chi connectivity index (χ2n) is 7.43. The van der Waals surface area contributed by atoms with Gasteiger partial charge in [0.25, 0.3) is 0 Å². The molecule has 0 amide bonds. The van der Waals surface area contributed by atoms with E-state index in [0.29, 0.717) is 12.8 Å². The van der Waals surface area contributed by atoms with E-state index in [0.717, 1.165) is 12.0 Å². The average molecular weight is 401 g/mol. The van der Waals surface area contributed by atoms with Gasteiger partial charge < -0.3 is 20.6 Å². The van der Waals surface area contributed by atoms with E-state index in [9.17, 15) is 9.67 Å². The number of rotatable bonds is 15. The van der Waals surface area contributed by atoms with Crippen LogP contribution in [0.2, 0.25) is 0 Å². The Kier molecular flexibility index (Phi) is 11.4. The third kappa shape index (κ3) is 11.6. The Labute approximate surface area is 163 Å². The number of hydrogen-bond acceptors (Lipinski definition) is 4. The lowest BCUT2D eigenvalue weighted by Crippen LogP contribution is -2.45. The van der Waals surface area contributed by atoms with Crippen molar-refractivity contribution in [2.45, 2.75) is 76.7 Å². The first-order chi connectivity index (χ1) is 12.8. The molecule has 6 nitrogen and oxygen atoms in total. The van der Waals surface area contributed by atoms with Gasteiger partial charge in [-0.25, -0.2) is 4.57 Å². The molecule has 0 aliphatic rings. The summed E-state index contributed by atoms with van der Waals surface area (Å²) in [5.41, 5.74) is 7.70. The largest absolute Gasteiger partial charge is 0.469 e. The first-order valence-corrected chi connectivity index (χ1v) is 11.5. The van der Waals surface area contributed by atoms with E-state index >= 15 is 0 Å². The van der Waals surface area contributed by atoms with Gasteiger partial charge in [-0.2, -0.15) is 0 Å². The van der Waals surface area contributed by atoms with Gasteiger partial charge in [0.05, 0.1) is 13.2 Å². The highest BCUT2D eigenvalue weighted by Gasteiger charge is 2.25. The number of benzene rings is 1. The topological polar surface area (TPSA) is 113 Å². The molecule has 0 fully saturated rings. The van der Waals surface area contributed by atoms with Gasteiger partial charge in [-0.15, -0.1) is 0 Å². The molecule has 0 saturated heterocycles. The molecule has 0 aliphatic carbocycles. The maximum absolute atomic E-state index is 10.7. The van der Waals surface area contributed by atoms with Gasteiger partial charge in [0.2, 0.25) is 0 Å². The number of aryl methyl sites for hydroxylation is 2. The minimum Gasteiger partial charge on any atom is -0.394 e. The first kappa shape index (κ1) is 24.3. The van der Waals surface area contributed by atoms with Crippen LogP contribution in [0.1, 0.15) is 69.4 Å². The van der Waals surface area contributed by atoms with Crippen LogP contribution in [0.5, 0.6) is 0 Å². The number of nitrogens with two attached hydrogens (primary N) is 1. The average Bonchev–Trinajstić information content (AvgIpc) is 2.63. The lowest BCUT2D eigenvalue weighted by molar-refractivity contribution is 0.136. The Morgan fingerprint density at radius 3 is 2.07 bits per heavy atom. The maximum atomic E-state index is 10.7. The Morgan fingerprint density at radius 2 is 1.52 bits per heavy atom. The van der Waals surface area contributed by atoms with Gasteiger partial charge in [0.15, 0.2) is 0 Å². The van der Waals surface area contributed by atoms with Crippen LogP contribution in [0, 0.1) is 0 Å². The van der Waals surface area contributed by atoms with Crippen molar-refractivity contribution in [1.82, 2.24) is 0 Å². The van der Waals surface area contributed by atoms with E-state index in [1.165, 1.54) is 44.1 Å². The molecule has 0 saturated carbocycles. The zero-order valence-electron chi connectivity index (χ0n) is 16.5. The molecule has 0 heterocycles. The predicted molar refractivity (Wildman–Crippen MR) is 108 cm³/mol. The van der Waals surface area contributed by atoms with Crippen LogP contribution in [0.15, 0.2) is 24.3 Å². The zero-order valence-corrected chi connectivity index (χ0v) is 17.4. The number of phosphoric ester groups is 1. The summed E-state index contributed by atoms with van der Waals surface area (Å²) in [5.74, 6) is 0. The van der Waals surface area contributed by atoms with Crippen molar-refractivity contribution in [2.75, 3.05) is 13.2 Å². The van der Waals surface area contributed by atoms with Crippen molar-refractivity contribution in [1.29, 1.82) is 0 Å². The SMILES string of the molecule is CCCCCCCCc1ccc(CCC(N)(CO)CCOP(=O)(O)O)cc1. The molecule has 156 valence electrons. The molecule has 27 heavy (non-hydrogen) atoms. The van der Waals surface area contributed by atoms with Crippen LogP contribution in [-0.4, -0.2) is 33.6 Å². The lowest BCUT2D eigenvalue weighted by atomic mass is 9.90. The lowest BCUT2D eigenvalue weighted by Gasteiger charge is -2.27. The van der Waals surface area contributed by atoms with E-state index in [-0.39, 0.29) is 19.6 Å². The summed E-state index contributed by atoms with van der Waals surface area (Å²) in [4.78, 5) is 17.4. The van der Waals surface area contributed by atoms with Gasteiger partial charge in [-0.1, -0.05) is 63.3 Å². The number of unbranched alkanes of at least 4 members (excludes halogenated alkanes) is 5. The van der Waals surface area contributed by atoms with Crippen LogP contribution in [0.3, 0.4) is 0 Å². The Morgan fingerprint density at radius 1 is 0.963 bits per heavy atom. The highest BCUT2D eigenvalue weighted by atomic mass is 31.2. The highest BCUT2D eigenvalue weighted by Crippen LogP contribution is 2.36. The molecule has 1 aromatic rings. The summed E-state index contributed by atoms with van der Waals surface area (Å²) in [5, 5.41) is 9.54. The standard InChI is InChI=1S/C20H36NO5P/c1-2-3-4-5-6-7-8-18-9-11-19(12-10-18)13-14-20(21,17-22)15-16-26-27(23,24)25/h9-12,22H,2-8,13-17,21H2,1H3,(H2,23,24,25). The number of aliphatic hydroxyl groups excluding tert-OH is 1. The molecule has 1 unspecified atom stereocenters. The molecule has 7 heteroatoms. The predicted octanol–water partition coefficient (Wildman–Crippen LogP) is 3.71. The van der Waals surface area contributed by atoms with Crippen molar-refractivity contribution in [3.8, 4) is 0 Å². The molecule has 1 rings (SSSR count). The molecule has 0 bridgehead atoms. The monoisotopic (exact) mass is 401 g/mol. The van der Waals surface area contributed by atoms with Gasteiger partial charge >= 0.3 is 7.82 Å². The number of aliphatic hydroxyl groups is 1. The fraction of sp³-hybridized carbons (Fsp3) is 0.700. The second-order valence-corrected chi connectivity index (χ2v) is 8.67. The summed E-state index contributed by atoms with van der Waals surface area (Å²) in [6.07, 6.45) is 10.3. The van der Waals surface area contributed by atoms with Crippen LogP contribution < -0.4 is 5.73 Å². The van der Waals surface area contributed by atoms with Crippen molar-refractivity contribution in [3.63, 3.8) is 0 Å². The molecular weight excluding hydrogens is 365 g/mol. The van der Waals surface area contributed by atoms with Crippen molar-refractivity contribution < 1.29 is 24.0 Å². The van der Waals surface area contributed by atoms with E-state index in [4.69, 9.17) is 15.5 Å². The normalized spacial score (nSPS) is 14.3. The van der Waals surface area contributed by atoms with Crippen LogP contribution >= 0.6 is 7.82 Å². The minimum absolute atomic E-state index is 0.182. The Hall–Kier alpha value is -0.750. The fourth-order valence-electron chi connectivity index (χ4n) is 3.03. The summed E-state index contributed by atoms with van der Waals surface area (Å²) < 4.78 is 15.2. The summed E-state index contributed by atoms with van der Waals surface area (Å²) in [7, 11) is -4.50.